The first-order chi connectivity index (χ1) is 9.65. The third-order valence-electron chi connectivity index (χ3n) is 2.72. The number of rotatable bonds is 3. The molecule has 4 nitrogen and oxygen atoms in total. The molecule has 0 N–H and O–H groups in total. The Morgan fingerprint density at radius 2 is 1.95 bits per heavy atom. The van der Waals surface area contributed by atoms with Crippen LogP contribution in [-0.4, -0.2) is 26.5 Å². The second-order valence-electron chi connectivity index (χ2n) is 4.16. The fraction of sp³-hybridized carbons (Fsp3) is 0.364. The smallest absolute Gasteiger partial charge is 0.290 e. The van der Waals surface area contributed by atoms with Crippen LogP contribution in [0.25, 0.3) is 5.65 Å². The standard InChI is InChI=1S/C11H6BrF5N4/c12-8-4-19-9-7(20-6(3-18)5-21(8)9)1-2-10(13,14)11(15,16)17/h4-5H,1-2H2. The van der Waals surface area contributed by atoms with E-state index in [2.05, 4.69) is 25.9 Å². The van der Waals surface area contributed by atoms with E-state index in [0.717, 1.165) is 0 Å². The summed E-state index contributed by atoms with van der Waals surface area (Å²) in [4.78, 5) is 7.63. The molecule has 0 radical (unpaired) electrons. The number of halogens is 6. The van der Waals surface area contributed by atoms with Crippen molar-refractivity contribution in [1.82, 2.24) is 14.4 Å². The van der Waals surface area contributed by atoms with E-state index >= 15 is 0 Å². The van der Waals surface area contributed by atoms with Crippen molar-refractivity contribution in [2.24, 2.45) is 0 Å². The molecule has 0 aromatic carbocycles. The van der Waals surface area contributed by atoms with Crippen LogP contribution in [-0.2, 0) is 6.42 Å². The molecule has 2 aromatic rings. The second-order valence-corrected chi connectivity index (χ2v) is 4.97. The van der Waals surface area contributed by atoms with Crippen LogP contribution in [0.3, 0.4) is 0 Å². The molecule has 0 amide bonds. The van der Waals surface area contributed by atoms with Gasteiger partial charge in [-0.1, -0.05) is 0 Å². The van der Waals surface area contributed by atoms with Gasteiger partial charge < -0.3 is 0 Å². The zero-order valence-electron chi connectivity index (χ0n) is 10.1. The molecule has 0 atom stereocenters. The maximum absolute atomic E-state index is 12.9. The van der Waals surface area contributed by atoms with Crippen molar-refractivity contribution in [3.63, 3.8) is 0 Å². The first-order valence-electron chi connectivity index (χ1n) is 5.53. The largest absolute Gasteiger partial charge is 0.453 e. The molecule has 2 aromatic heterocycles. The summed E-state index contributed by atoms with van der Waals surface area (Å²) >= 11 is 3.12. The van der Waals surface area contributed by atoms with Gasteiger partial charge in [0.2, 0.25) is 0 Å². The van der Waals surface area contributed by atoms with E-state index in [1.54, 1.807) is 6.07 Å². The van der Waals surface area contributed by atoms with Gasteiger partial charge in [0, 0.05) is 12.6 Å². The summed E-state index contributed by atoms with van der Waals surface area (Å²) < 4.78 is 64.1. The van der Waals surface area contributed by atoms with E-state index in [0.29, 0.717) is 4.60 Å². The van der Waals surface area contributed by atoms with Gasteiger partial charge in [0.05, 0.1) is 11.9 Å². The van der Waals surface area contributed by atoms with Crippen molar-refractivity contribution < 1.29 is 22.0 Å². The molecule has 0 aliphatic rings. The minimum Gasteiger partial charge on any atom is -0.290 e. The molecule has 10 heteroatoms. The Labute approximate surface area is 123 Å². The lowest BCUT2D eigenvalue weighted by Crippen LogP contribution is -2.36. The fourth-order valence-corrected chi connectivity index (χ4v) is 2.03. The molecule has 0 unspecified atom stereocenters. The number of nitriles is 1. The Kier molecular flexibility index (Phi) is 3.88. The van der Waals surface area contributed by atoms with Crippen LogP contribution >= 0.6 is 15.9 Å². The maximum atomic E-state index is 12.9. The molecule has 0 bridgehead atoms. The van der Waals surface area contributed by atoms with Gasteiger partial charge in [0.25, 0.3) is 0 Å². The Hall–Kier alpha value is -1.76. The Morgan fingerprint density at radius 1 is 1.29 bits per heavy atom. The van der Waals surface area contributed by atoms with Crippen molar-refractivity contribution in [3.8, 4) is 6.07 Å². The number of alkyl halides is 5. The number of aromatic nitrogens is 3. The van der Waals surface area contributed by atoms with Gasteiger partial charge in [-0.3, -0.25) is 4.40 Å². The third kappa shape index (κ3) is 2.97. The van der Waals surface area contributed by atoms with Gasteiger partial charge in [-0.2, -0.15) is 27.2 Å². The van der Waals surface area contributed by atoms with E-state index in [1.807, 2.05) is 0 Å². The Bertz CT molecular complexity index is 716. The molecule has 21 heavy (non-hydrogen) atoms. The molecular formula is C11H6BrF5N4. The molecule has 0 saturated carbocycles. The minimum atomic E-state index is -5.62. The Balaban J connectivity index is 2.37. The van der Waals surface area contributed by atoms with E-state index in [-0.39, 0.29) is 17.0 Å². The summed E-state index contributed by atoms with van der Waals surface area (Å²) in [6.45, 7) is 0. The van der Waals surface area contributed by atoms with Crippen LogP contribution < -0.4 is 0 Å². The molecule has 0 spiro atoms. The topological polar surface area (TPSA) is 54.0 Å². The summed E-state index contributed by atoms with van der Waals surface area (Å²) in [5.74, 6) is -4.82. The summed E-state index contributed by atoms with van der Waals surface area (Å²) in [5.41, 5.74) is -0.0750. The first kappa shape index (κ1) is 15.6. The molecular weight excluding hydrogens is 363 g/mol. The van der Waals surface area contributed by atoms with Gasteiger partial charge in [0.1, 0.15) is 10.7 Å². The van der Waals surface area contributed by atoms with Gasteiger partial charge in [-0.25, -0.2) is 9.97 Å². The van der Waals surface area contributed by atoms with Crippen LogP contribution in [0.15, 0.2) is 17.0 Å². The lowest BCUT2D eigenvalue weighted by Gasteiger charge is -2.19. The summed E-state index contributed by atoms with van der Waals surface area (Å²) in [5, 5.41) is 8.82. The van der Waals surface area contributed by atoms with Gasteiger partial charge in [0.15, 0.2) is 11.3 Å². The first-order valence-corrected chi connectivity index (χ1v) is 6.32. The summed E-state index contributed by atoms with van der Waals surface area (Å²) in [6.07, 6.45) is -5.10. The van der Waals surface area contributed by atoms with Crippen LogP contribution in [0.5, 0.6) is 0 Å². The van der Waals surface area contributed by atoms with Crippen LogP contribution in [0.1, 0.15) is 17.8 Å². The normalized spacial score (nSPS) is 12.6. The zero-order valence-corrected chi connectivity index (χ0v) is 11.7. The molecule has 112 valence electrons. The molecule has 0 aliphatic heterocycles. The average molecular weight is 369 g/mol. The average Bonchev–Trinajstić information content (AvgIpc) is 2.76. The molecule has 0 saturated heterocycles. The molecule has 0 aliphatic carbocycles. The van der Waals surface area contributed by atoms with Gasteiger partial charge in [-0.05, 0) is 22.4 Å². The lowest BCUT2D eigenvalue weighted by atomic mass is 10.1. The van der Waals surface area contributed by atoms with Crippen molar-refractivity contribution in [2.75, 3.05) is 0 Å². The van der Waals surface area contributed by atoms with Crippen molar-refractivity contribution >= 4 is 21.6 Å². The van der Waals surface area contributed by atoms with E-state index < -0.39 is 24.9 Å². The quantitative estimate of drug-likeness (QED) is 0.779. The maximum Gasteiger partial charge on any atom is 0.453 e. The number of nitrogens with zero attached hydrogens (tertiary/aromatic N) is 4. The van der Waals surface area contributed by atoms with Crippen molar-refractivity contribution in [3.05, 3.63) is 28.4 Å². The molecule has 2 rings (SSSR count). The monoisotopic (exact) mass is 368 g/mol. The van der Waals surface area contributed by atoms with Crippen molar-refractivity contribution in [1.29, 1.82) is 5.26 Å². The highest BCUT2D eigenvalue weighted by Crippen LogP contribution is 2.38. The van der Waals surface area contributed by atoms with Crippen LogP contribution in [0, 0.1) is 11.3 Å². The molecule has 2 heterocycles. The fourth-order valence-electron chi connectivity index (χ4n) is 1.66. The van der Waals surface area contributed by atoms with Crippen LogP contribution in [0.4, 0.5) is 22.0 Å². The van der Waals surface area contributed by atoms with Crippen molar-refractivity contribution in [2.45, 2.75) is 24.9 Å². The predicted molar refractivity (Wildman–Crippen MR) is 64.7 cm³/mol. The minimum absolute atomic E-state index is 0.0938. The highest BCUT2D eigenvalue weighted by Gasteiger charge is 2.56. The summed E-state index contributed by atoms with van der Waals surface area (Å²) in [7, 11) is 0. The highest BCUT2D eigenvalue weighted by atomic mass is 79.9. The number of hydrogen-bond donors (Lipinski definition) is 0. The third-order valence-corrected chi connectivity index (χ3v) is 3.31. The van der Waals surface area contributed by atoms with E-state index in [4.69, 9.17) is 5.26 Å². The van der Waals surface area contributed by atoms with Gasteiger partial charge >= 0.3 is 12.1 Å². The number of aryl methyl sites for hydroxylation is 1. The summed E-state index contributed by atoms with van der Waals surface area (Å²) in [6, 6.07) is 1.71. The number of imidazole rings is 1. The lowest BCUT2D eigenvalue weighted by molar-refractivity contribution is -0.284. The highest BCUT2D eigenvalue weighted by molar-refractivity contribution is 9.10. The molecule has 0 fully saturated rings. The second kappa shape index (κ2) is 5.22. The van der Waals surface area contributed by atoms with Gasteiger partial charge in [-0.15, -0.1) is 0 Å². The Morgan fingerprint density at radius 3 is 2.52 bits per heavy atom. The number of hydrogen-bond acceptors (Lipinski definition) is 3. The number of fused-ring (bicyclic) bond motifs is 1. The SMILES string of the molecule is N#Cc1cn2c(Br)cnc2c(CCC(F)(F)C(F)(F)F)n1. The van der Waals surface area contributed by atoms with Crippen LogP contribution in [0.2, 0.25) is 0 Å². The predicted octanol–water partition coefficient (Wildman–Crippen LogP) is 3.49. The van der Waals surface area contributed by atoms with E-state index in [1.165, 1.54) is 16.8 Å². The zero-order chi connectivity index (χ0) is 15.8. The van der Waals surface area contributed by atoms with E-state index in [9.17, 15) is 22.0 Å².